The molecule has 0 unspecified atom stereocenters. The Morgan fingerprint density at radius 2 is 1.69 bits per heavy atom. The number of ether oxygens (including phenoxy) is 1. The van der Waals surface area contributed by atoms with Crippen molar-refractivity contribution in [1.82, 2.24) is 0 Å². The maximum absolute atomic E-state index is 13.1. The zero-order valence-electron chi connectivity index (χ0n) is 14.1. The first-order chi connectivity index (χ1) is 12.3. The Labute approximate surface area is 167 Å². The van der Waals surface area contributed by atoms with Gasteiger partial charge in [0.05, 0.1) is 17.2 Å². The van der Waals surface area contributed by atoms with Crippen LogP contribution in [0.1, 0.15) is 6.92 Å². The number of carbonyl (C=O) groups excluding carboxylic acids is 1. The van der Waals surface area contributed by atoms with E-state index in [2.05, 4.69) is 0 Å². The quantitative estimate of drug-likeness (QED) is 0.475. The van der Waals surface area contributed by atoms with E-state index in [1.165, 1.54) is 42.1 Å². The minimum atomic E-state index is -4.02. The van der Waals surface area contributed by atoms with Gasteiger partial charge in [-0.3, -0.25) is 9.10 Å². The summed E-state index contributed by atoms with van der Waals surface area (Å²) < 4.78 is 32.1. The van der Waals surface area contributed by atoms with Crippen LogP contribution in [0, 0.1) is 0 Å². The summed E-state index contributed by atoms with van der Waals surface area (Å²) >= 11 is 13.5. The largest absolute Gasteiger partial charge is 0.465 e. The second kappa shape index (κ2) is 8.99. The minimum Gasteiger partial charge on any atom is -0.465 e. The molecule has 0 saturated carbocycles. The average Bonchev–Trinajstić information content (AvgIpc) is 2.59. The maximum atomic E-state index is 13.1. The minimum absolute atomic E-state index is 0.0516. The van der Waals surface area contributed by atoms with Gasteiger partial charge in [-0.2, -0.15) is 0 Å². The lowest BCUT2D eigenvalue weighted by atomic mass is 10.3. The smallest absolute Gasteiger partial charge is 0.326 e. The van der Waals surface area contributed by atoms with Gasteiger partial charge in [-0.25, -0.2) is 8.42 Å². The van der Waals surface area contributed by atoms with Gasteiger partial charge >= 0.3 is 5.97 Å². The first kappa shape index (κ1) is 20.9. The summed E-state index contributed by atoms with van der Waals surface area (Å²) in [6, 6.07) is 10.7. The molecule has 5 nitrogen and oxygen atoms in total. The van der Waals surface area contributed by atoms with E-state index < -0.39 is 22.5 Å². The molecular formula is C17H17Cl2NO4S2. The van der Waals surface area contributed by atoms with Crippen molar-refractivity contribution in [3.63, 3.8) is 0 Å². The molecule has 26 heavy (non-hydrogen) atoms. The van der Waals surface area contributed by atoms with Crippen LogP contribution >= 0.6 is 35.0 Å². The highest BCUT2D eigenvalue weighted by Gasteiger charge is 2.28. The van der Waals surface area contributed by atoms with E-state index in [0.29, 0.717) is 0 Å². The summed E-state index contributed by atoms with van der Waals surface area (Å²) in [5.41, 5.74) is 0.185. The number of esters is 1. The zero-order valence-corrected chi connectivity index (χ0v) is 17.3. The van der Waals surface area contributed by atoms with Crippen LogP contribution in [0.4, 0.5) is 5.69 Å². The highest BCUT2D eigenvalue weighted by atomic mass is 35.5. The second-order valence-corrected chi connectivity index (χ2v) is 8.73. The number of hydrogen-bond donors (Lipinski definition) is 0. The Morgan fingerprint density at radius 3 is 2.19 bits per heavy atom. The van der Waals surface area contributed by atoms with Gasteiger partial charge in [-0.05, 0) is 55.6 Å². The van der Waals surface area contributed by atoms with E-state index in [-0.39, 0.29) is 27.2 Å². The number of anilines is 1. The number of thioether (sulfide) groups is 1. The monoisotopic (exact) mass is 433 g/mol. The van der Waals surface area contributed by atoms with Crippen LogP contribution in [0.2, 0.25) is 10.0 Å². The summed E-state index contributed by atoms with van der Waals surface area (Å²) in [6.45, 7) is 1.30. The molecule has 0 N–H and O–H groups in total. The second-order valence-electron chi connectivity index (χ2n) is 5.12. The molecule has 0 bridgehead atoms. The standard InChI is InChI=1S/C17H17Cl2NO4S2/c1-3-24-17(21)11-20(14-9-12(18)8-13(19)10-14)26(22,23)16-6-4-15(25-2)5-7-16/h4-10H,3,11H2,1-2H3. The van der Waals surface area contributed by atoms with Crippen molar-refractivity contribution in [2.24, 2.45) is 0 Å². The number of hydrogen-bond acceptors (Lipinski definition) is 5. The molecule has 0 atom stereocenters. The maximum Gasteiger partial charge on any atom is 0.326 e. The van der Waals surface area contributed by atoms with Crippen LogP contribution in [-0.4, -0.2) is 33.8 Å². The molecule has 0 amide bonds. The Morgan fingerprint density at radius 1 is 1.12 bits per heavy atom. The predicted octanol–water partition coefficient (Wildman–Crippen LogP) is 4.47. The van der Waals surface area contributed by atoms with Gasteiger partial charge < -0.3 is 4.74 Å². The highest BCUT2D eigenvalue weighted by molar-refractivity contribution is 7.98. The number of halogens is 2. The lowest BCUT2D eigenvalue weighted by Gasteiger charge is -2.24. The van der Waals surface area contributed by atoms with Crippen molar-refractivity contribution in [2.45, 2.75) is 16.7 Å². The van der Waals surface area contributed by atoms with Crippen molar-refractivity contribution < 1.29 is 17.9 Å². The third kappa shape index (κ3) is 5.07. The van der Waals surface area contributed by atoms with Gasteiger partial charge in [-0.15, -0.1) is 11.8 Å². The summed E-state index contributed by atoms with van der Waals surface area (Å²) in [4.78, 5) is 13.0. The Hall–Kier alpha value is -1.41. The van der Waals surface area contributed by atoms with Gasteiger partial charge in [0.2, 0.25) is 0 Å². The fourth-order valence-corrected chi connectivity index (χ4v) is 4.51. The van der Waals surface area contributed by atoms with Gasteiger partial charge in [0.25, 0.3) is 10.0 Å². The number of sulfonamides is 1. The molecular weight excluding hydrogens is 417 g/mol. The fourth-order valence-electron chi connectivity index (χ4n) is 2.20. The topological polar surface area (TPSA) is 63.7 Å². The first-order valence-electron chi connectivity index (χ1n) is 7.56. The Kier molecular flexibility index (Phi) is 7.23. The molecule has 9 heteroatoms. The molecule has 0 aliphatic rings. The zero-order chi connectivity index (χ0) is 19.3. The number of benzene rings is 2. The lowest BCUT2D eigenvalue weighted by Crippen LogP contribution is -2.36. The lowest BCUT2D eigenvalue weighted by molar-refractivity contribution is -0.141. The van der Waals surface area contributed by atoms with Crippen molar-refractivity contribution in [1.29, 1.82) is 0 Å². The molecule has 2 aromatic rings. The van der Waals surface area contributed by atoms with Crippen molar-refractivity contribution in [3.8, 4) is 0 Å². The normalized spacial score (nSPS) is 11.2. The number of nitrogens with zero attached hydrogens (tertiary/aromatic N) is 1. The van der Waals surface area contributed by atoms with E-state index in [9.17, 15) is 13.2 Å². The molecule has 0 aliphatic carbocycles. The van der Waals surface area contributed by atoms with Gasteiger partial charge in [0, 0.05) is 14.9 Å². The predicted molar refractivity (Wildman–Crippen MR) is 106 cm³/mol. The molecule has 0 aliphatic heterocycles. The molecule has 0 fully saturated rings. The van der Waals surface area contributed by atoms with Crippen LogP contribution in [0.3, 0.4) is 0 Å². The van der Waals surface area contributed by atoms with Crippen LogP contribution in [0.25, 0.3) is 0 Å². The molecule has 0 heterocycles. The molecule has 2 aromatic carbocycles. The van der Waals surface area contributed by atoms with Crippen LogP contribution < -0.4 is 4.31 Å². The Balaban J connectivity index is 2.51. The SMILES string of the molecule is CCOC(=O)CN(c1cc(Cl)cc(Cl)c1)S(=O)(=O)c1ccc(SC)cc1. The molecule has 0 saturated heterocycles. The average molecular weight is 434 g/mol. The summed E-state index contributed by atoms with van der Waals surface area (Å²) in [5, 5.41) is 0.517. The Bertz CT molecular complexity index is 866. The summed E-state index contributed by atoms with van der Waals surface area (Å²) in [7, 11) is -4.02. The third-order valence-corrected chi connectivity index (χ3v) is 6.33. The van der Waals surface area contributed by atoms with E-state index in [0.717, 1.165) is 9.20 Å². The van der Waals surface area contributed by atoms with Crippen molar-refractivity contribution in [2.75, 3.05) is 23.7 Å². The van der Waals surface area contributed by atoms with Gasteiger partial charge in [0.1, 0.15) is 6.54 Å². The van der Waals surface area contributed by atoms with Crippen LogP contribution in [0.5, 0.6) is 0 Å². The molecule has 140 valence electrons. The van der Waals surface area contributed by atoms with Crippen LogP contribution in [0.15, 0.2) is 52.3 Å². The highest BCUT2D eigenvalue weighted by Crippen LogP contribution is 2.30. The van der Waals surface area contributed by atoms with Gasteiger partial charge in [0.15, 0.2) is 0 Å². The molecule has 0 radical (unpaired) electrons. The number of rotatable bonds is 7. The summed E-state index contributed by atoms with van der Waals surface area (Å²) in [6.07, 6.45) is 1.89. The van der Waals surface area contributed by atoms with E-state index in [4.69, 9.17) is 27.9 Å². The van der Waals surface area contributed by atoms with Crippen LogP contribution in [-0.2, 0) is 19.6 Å². The van der Waals surface area contributed by atoms with E-state index in [1.54, 1.807) is 19.1 Å². The molecule has 2 rings (SSSR count). The first-order valence-corrected chi connectivity index (χ1v) is 11.0. The van der Waals surface area contributed by atoms with Crippen molar-refractivity contribution in [3.05, 3.63) is 52.5 Å². The molecule has 0 spiro atoms. The van der Waals surface area contributed by atoms with Crippen molar-refractivity contribution >= 4 is 56.6 Å². The van der Waals surface area contributed by atoms with E-state index in [1.807, 2.05) is 6.26 Å². The van der Waals surface area contributed by atoms with E-state index >= 15 is 0 Å². The molecule has 0 aromatic heterocycles. The van der Waals surface area contributed by atoms with Gasteiger partial charge in [-0.1, -0.05) is 23.2 Å². The summed E-state index contributed by atoms with van der Waals surface area (Å²) in [5.74, 6) is -0.673. The third-order valence-electron chi connectivity index (χ3n) is 3.36. The fraction of sp³-hybridized carbons (Fsp3) is 0.235. The number of carbonyl (C=O) groups is 1.